The Morgan fingerprint density at radius 1 is 1.50 bits per heavy atom. The third-order valence-corrected chi connectivity index (χ3v) is 0. The van der Waals surface area contributed by atoms with E-state index >= 15 is 0 Å². The van der Waals surface area contributed by atoms with Gasteiger partial charge in [-0.1, -0.05) is 0 Å². The molecule has 0 atom stereocenters. The quantitative estimate of drug-likeness (QED) is 0.354. The molecule has 1 radical (unpaired) electrons. The van der Waals surface area contributed by atoms with Crippen LogP contribution in [0.2, 0.25) is 0 Å². The van der Waals surface area contributed by atoms with Gasteiger partial charge in [-0.3, -0.25) is 14.6 Å². The van der Waals surface area contributed by atoms with E-state index in [-0.39, 0.29) is 0 Å². The predicted octanol–water partition coefficient (Wildman–Crippen LogP) is -0.598. The first kappa shape index (κ1) is 10.1. The van der Waals surface area contributed by atoms with Crippen LogP contribution in [0.1, 0.15) is 0 Å². The first-order valence-corrected chi connectivity index (χ1v) is 4.36. The molecule has 0 aliphatic carbocycles. The zero-order valence-electron chi connectivity index (χ0n) is 2.89. The lowest BCUT2D eigenvalue weighted by molar-refractivity contribution is 0.405. The van der Waals surface area contributed by atoms with Crippen LogP contribution in [-0.2, 0) is 4.57 Å². The molecule has 0 saturated heterocycles. The van der Waals surface area contributed by atoms with E-state index in [0.29, 0.717) is 0 Å². The van der Waals surface area contributed by atoms with E-state index in [2.05, 4.69) is 10.0 Å². The maximum atomic E-state index is 8.74. The molecule has 0 aromatic rings. The normalized spacial score (nSPS) is 6.67. The Labute approximate surface area is 48.5 Å². The highest BCUT2D eigenvalue weighted by Crippen LogP contribution is 1.98. The predicted molar refractivity (Wildman–Crippen MR) is 26.4 cm³/mol. The molecular weight excluding hydrogens is 141 g/mol. The Bertz CT molecular complexity index is 33.8. The van der Waals surface area contributed by atoms with Gasteiger partial charge in [-0.25, -0.2) is 0 Å². The summed E-state index contributed by atoms with van der Waals surface area (Å²) in [6.07, 6.45) is 0. The Balaban J connectivity index is 0. The van der Waals surface area contributed by atoms with Crippen LogP contribution in [0, 0.1) is 0 Å². The highest BCUT2D eigenvalue weighted by molar-refractivity contribution is 7.30. The minimum Gasteiger partial charge on any atom is -0.326 e. The van der Waals surface area contributed by atoms with Gasteiger partial charge in [0.2, 0.25) is 0 Å². The zero-order valence-corrected chi connectivity index (χ0v) is 6.06. The van der Waals surface area contributed by atoms with E-state index in [1.165, 1.54) is 15.4 Å². The number of hydrogen-bond donors (Lipinski definition) is 2. The van der Waals surface area contributed by atoms with Crippen LogP contribution >= 0.6 is 18.3 Å². The Hall–Kier alpha value is 0.972. The smallest absolute Gasteiger partial charge is 0.326 e. The molecular formula is H4AlClO3P. The van der Waals surface area contributed by atoms with Gasteiger partial charge in [0, 0.05) is 0 Å². The topological polar surface area (TPSA) is 57.5 Å². The second-order valence-corrected chi connectivity index (χ2v) is 0.848. The van der Waals surface area contributed by atoms with Crippen LogP contribution in [0.4, 0.5) is 0 Å². The molecule has 0 fully saturated rings. The summed E-state index contributed by atoms with van der Waals surface area (Å²) < 4.78 is 8.74. The molecule has 0 saturated carbocycles. The third kappa shape index (κ3) is 83.0. The molecule has 0 aliphatic heterocycles. The van der Waals surface area contributed by atoms with Gasteiger partial charge in [0.1, 0.15) is 0 Å². The maximum Gasteiger partial charge on any atom is 0.329 e. The molecule has 0 aromatic carbocycles. The van der Waals surface area contributed by atoms with Gasteiger partial charge in [-0.15, -0.1) is 0 Å². The Morgan fingerprint density at radius 2 is 1.50 bits per heavy atom. The van der Waals surface area contributed by atoms with Gasteiger partial charge in [0.15, 0.2) is 0 Å². The summed E-state index contributed by atoms with van der Waals surface area (Å²) in [4.78, 5) is 14.3. The van der Waals surface area contributed by atoms with Crippen LogP contribution in [0.25, 0.3) is 0 Å². The summed E-state index contributed by atoms with van der Waals surface area (Å²) in [5, 5.41) is 0. The summed E-state index contributed by atoms with van der Waals surface area (Å²) in [6.45, 7) is 0. The summed E-state index contributed by atoms with van der Waals surface area (Å²) in [5.74, 6) is 0. The minimum atomic E-state index is -3.13. The molecule has 0 amide bonds. The lowest BCUT2D eigenvalue weighted by Gasteiger charge is -1.61. The maximum absolute atomic E-state index is 8.74. The van der Waals surface area contributed by atoms with Crippen molar-refractivity contribution in [1.29, 1.82) is 0 Å². The van der Waals surface area contributed by atoms with Crippen molar-refractivity contribution < 1.29 is 14.4 Å². The van der Waals surface area contributed by atoms with Crippen molar-refractivity contribution in [2.45, 2.75) is 0 Å². The zero-order chi connectivity index (χ0) is 5.58. The van der Waals surface area contributed by atoms with Crippen molar-refractivity contribution in [3.05, 3.63) is 0 Å². The van der Waals surface area contributed by atoms with Crippen molar-refractivity contribution in [2.24, 2.45) is 0 Å². The molecule has 0 rings (SSSR count). The molecule has 0 aromatic heterocycles. The average molecular weight is 145 g/mol. The van der Waals surface area contributed by atoms with Crippen LogP contribution in [-0.4, -0.2) is 25.2 Å². The van der Waals surface area contributed by atoms with Gasteiger partial charge in [-0.2, -0.15) is 0 Å². The lowest BCUT2D eigenvalue weighted by Crippen LogP contribution is -1.38. The van der Waals surface area contributed by atoms with Gasteiger partial charge in [0.05, 0.1) is 0 Å². The summed E-state index contributed by atoms with van der Waals surface area (Å²) in [6, 6.07) is 0. The molecule has 6 heavy (non-hydrogen) atoms. The van der Waals surface area contributed by atoms with E-state index in [1.54, 1.807) is 0 Å². The van der Waals surface area contributed by atoms with Gasteiger partial charge in [-0.05, 0) is 0 Å². The molecule has 6 heteroatoms. The lowest BCUT2D eigenvalue weighted by atomic mass is 15.8. The summed E-state index contributed by atoms with van der Waals surface area (Å²) >= 11 is 1.33. The number of hydrogen-bond acceptors (Lipinski definition) is 1. The standard InChI is InChI=1S/Al.ClH.H3O3P.H/c;;1-4(2)3;/h;1H;4H,(H2,1,2,3);/q+1;;;/p-1. The number of rotatable bonds is 0. The second kappa shape index (κ2) is 9.36. The van der Waals surface area contributed by atoms with Gasteiger partial charge >= 0.3 is 23.6 Å². The number of halogens is 1. The molecule has 2 N–H and O–H groups in total. The highest BCUT2D eigenvalue weighted by Gasteiger charge is 1.61. The fourth-order valence-electron chi connectivity index (χ4n) is 0. The molecule has 0 unspecified atom stereocenters. The fourth-order valence-corrected chi connectivity index (χ4v) is 0. The summed E-state index contributed by atoms with van der Waals surface area (Å²) in [7, 11) is 1.54. The van der Waals surface area contributed by atoms with E-state index in [9.17, 15) is 0 Å². The Kier molecular flexibility index (Phi) is 15.7. The molecule has 0 aliphatic rings. The van der Waals surface area contributed by atoms with Crippen molar-refractivity contribution in [2.75, 3.05) is 0 Å². The van der Waals surface area contributed by atoms with Crippen molar-refractivity contribution in [1.82, 2.24) is 0 Å². The van der Waals surface area contributed by atoms with E-state index in [0.717, 1.165) is 0 Å². The van der Waals surface area contributed by atoms with Gasteiger partial charge in [0.25, 0.3) is 0 Å². The van der Waals surface area contributed by atoms with E-state index < -0.39 is 8.25 Å². The van der Waals surface area contributed by atoms with E-state index in [1.807, 2.05) is 0 Å². The third-order valence-electron chi connectivity index (χ3n) is 0. The van der Waals surface area contributed by atoms with Gasteiger partial charge < -0.3 is 9.79 Å². The van der Waals surface area contributed by atoms with Crippen molar-refractivity contribution in [3.8, 4) is 0 Å². The first-order chi connectivity index (χ1) is 2.73. The molecule has 0 heterocycles. The first-order valence-electron chi connectivity index (χ1n) is 0.919. The van der Waals surface area contributed by atoms with Crippen LogP contribution < -0.4 is 0 Å². The largest absolute Gasteiger partial charge is 0.329 e. The monoisotopic (exact) mass is 145 g/mol. The molecule has 0 bridgehead atoms. The van der Waals surface area contributed by atoms with Crippen LogP contribution in [0.5, 0.6) is 0 Å². The fraction of sp³-hybridized carbons (Fsp3) is 0. The second-order valence-electron chi connectivity index (χ2n) is 0.283. The van der Waals surface area contributed by atoms with Crippen LogP contribution in [0.15, 0.2) is 0 Å². The molecule has 0 spiro atoms. The average Bonchev–Trinajstić information content (AvgIpc) is 1.41. The highest BCUT2D eigenvalue weighted by atomic mass is 35.6. The van der Waals surface area contributed by atoms with E-state index in [4.69, 9.17) is 14.4 Å². The van der Waals surface area contributed by atoms with Crippen molar-refractivity contribution in [3.63, 3.8) is 0 Å². The Morgan fingerprint density at radius 3 is 1.50 bits per heavy atom. The molecule has 3 nitrogen and oxygen atoms in total. The summed E-state index contributed by atoms with van der Waals surface area (Å²) in [5.41, 5.74) is 0. The SMILES string of the molecule is O=[PH](O)O.[AlH][Cl]. The van der Waals surface area contributed by atoms with Crippen molar-refractivity contribution >= 4 is 33.7 Å². The minimum absolute atomic E-state index is 1.33. The van der Waals surface area contributed by atoms with Crippen LogP contribution in [0.3, 0.4) is 0 Å². The molecule has 37 valence electrons.